The standard InChI is InChI=1S/C27H20N4O2/c32-25-13-11-16-4-1-2-6-19(16)22(25)15-28-31-27(33)24-14-23(29-30-24)20-12-10-18-9-8-17-5-3-7-21(20)26(17)18/h1-7,10-15,32H,8-9H2,(H,29,30)(H,31,33). The molecule has 4 aromatic carbocycles. The number of aromatic amines is 1. The molecule has 0 saturated heterocycles. The van der Waals surface area contributed by atoms with Crippen LogP contribution in [0.1, 0.15) is 27.2 Å². The van der Waals surface area contributed by atoms with Gasteiger partial charge in [0.2, 0.25) is 0 Å². The molecule has 33 heavy (non-hydrogen) atoms. The first kappa shape index (κ1) is 19.3. The van der Waals surface area contributed by atoms with Crippen molar-refractivity contribution in [3.63, 3.8) is 0 Å². The summed E-state index contributed by atoms with van der Waals surface area (Å²) in [5, 5.41) is 25.8. The van der Waals surface area contributed by atoms with Crippen molar-refractivity contribution in [3.8, 4) is 17.0 Å². The number of amides is 1. The van der Waals surface area contributed by atoms with E-state index >= 15 is 0 Å². The number of nitrogens with zero attached hydrogens (tertiary/aromatic N) is 2. The van der Waals surface area contributed by atoms with Crippen LogP contribution in [0.2, 0.25) is 0 Å². The van der Waals surface area contributed by atoms with Crippen LogP contribution >= 0.6 is 0 Å². The molecule has 0 unspecified atom stereocenters. The Labute approximate surface area is 189 Å². The summed E-state index contributed by atoms with van der Waals surface area (Å²) in [6, 6.07) is 23.5. The van der Waals surface area contributed by atoms with Crippen molar-refractivity contribution in [2.75, 3.05) is 0 Å². The molecule has 6 rings (SSSR count). The molecule has 1 heterocycles. The Morgan fingerprint density at radius 3 is 2.70 bits per heavy atom. The number of benzene rings is 4. The maximum Gasteiger partial charge on any atom is 0.289 e. The topological polar surface area (TPSA) is 90.4 Å². The van der Waals surface area contributed by atoms with Crippen LogP contribution in [-0.2, 0) is 12.8 Å². The van der Waals surface area contributed by atoms with Gasteiger partial charge in [-0.05, 0) is 57.6 Å². The van der Waals surface area contributed by atoms with Crippen LogP contribution in [0.4, 0.5) is 0 Å². The van der Waals surface area contributed by atoms with Gasteiger partial charge in [0.05, 0.1) is 11.9 Å². The number of hydrogen-bond donors (Lipinski definition) is 3. The monoisotopic (exact) mass is 432 g/mol. The number of aromatic hydroxyl groups is 1. The molecule has 1 aliphatic carbocycles. The SMILES string of the molecule is O=C(NN=Cc1c(O)ccc2ccccc12)c1cc(-c2ccc3c4c(cccc24)CC3)n[nH]1. The summed E-state index contributed by atoms with van der Waals surface area (Å²) in [7, 11) is 0. The summed E-state index contributed by atoms with van der Waals surface area (Å²) in [5.74, 6) is -0.307. The minimum Gasteiger partial charge on any atom is -0.507 e. The van der Waals surface area contributed by atoms with Crippen LogP contribution in [0, 0.1) is 0 Å². The number of carbonyl (C=O) groups is 1. The third-order valence-electron chi connectivity index (χ3n) is 6.28. The highest BCUT2D eigenvalue weighted by Crippen LogP contribution is 2.36. The Hall–Kier alpha value is -4.45. The number of phenolic OH excluding ortho intramolecular Hbond substituents is 1. The van der Waals surface area contributed by atoms with E-state index in [0.717, 1.165) is 34.6 Å². The lowest BCUT2D eigenvalue weighted by atomic mass is 9.98. The molecule has 5 aromatic rings. The second-order valence-electron chi connectivity index (χ2n) is 8.20. The van der Waals surface area contributed by atoms with Gasteiger partial charge in [-0.25, -0.2) is 5.43 Å². The first-order valence-electron chi connectivity index (χ1n) is 10.8. The normalized spacial score (nSPS) is 12.7. The Bertz CT molecular complexity index is 1570. The predicted molar refractivity (Wildman–Crippen MR) is 130 cm³/mol. The van der Waals surface area contributed by atoms with Crippen molar-refractivity contribution in [2.24, 2.45) is 5.10 Å². The van der Waals surface area contributed by atoms with Crippen LogP contribution in [0.5, 0.6) is 5.75 Å². The molecule has 0 spiro atoms. The third-order valence-corrected chi connectivity index (χ3v) is 6.28. The van der Waals surface area contributed by atoms with Crippen molar-refractivity contribution in [3.05, 3.63) is 95.2 Å². The van der Waals surface area contributed by atoms with Gasteiger partial charge in [-0.2, -0.15) is 10.2 Å². The Morgan fingerprint density at radius 1 is 0.970 bits per heavy atom. The van der Waals surface area contributed by atoms with Crippen molar-refractivity contribution < 1.29 is 9.90 Å². The molecule has 0 atom stereocenters. The minimum atomic E-state index is -0.407. The van der Waals surface area contributed by atoms with Gasteiger partial charge >= 0.3 is 0 Å². The van der Waals surface area contributed by atoms with Crippen molar-refractivity contribution in [1.82, 2.24) is 15.6 Å². The van der Waals surface area contributed by atoms with E-state index in [-0.39, 0.29) is 5.75 Å². The molecule has 1 aliphatic rings. The number of fused-ring (bicyclic) bond motifs is 1. The van der Waals surface area contributed by atoms with E-state index in [1.165, 1.54) is 22.7 Å². The summed E-state index contributed by atoms with van der Waals surface area (Å²) in [6.07, 6.45) is 3.58. The van der Waals surface area contributed by atoms with Crippen LogP contribution in [0.15, 0.2) is 77.9 Å². The van der Waals surface area contributed by atoms with Crippen LogP contribution < -0.4 is 5.43 Å². The van der Waals surface area contributed by atoms with E-state index < -0.39 is 5.91 Å². The number of rotatable bonds is 4. The average molecular weight is 432 g/mol. The van der Waals surface area contributed by atoms with Gasteiger partial charge in [-0.3, -0.25) is 9.89 Å². The van der Waals surface area contributed by atoms with E-state index in [1.54, 1.807) is 12.1 Å². The average Bonchev–Trinajstić information content (AvgIpc) is 3.50. The van der Waals surface area contributed by atoms with Gasteiger partial charge in [-0.15, -0.1) is 0 Å². The summed E-state index contributed by atoms with van der Waals surface area (Å²) in [4.78, 5) is 12.7. The van der Waals surface area contributed by atoms with Crippen molar-refractivity contribution in [2.45, 2.75) is 12.8 Å². The minimum absolute atomic E-state index is 0.0996. The molecule has 6 nitrogen and oxygen atoms in total. The molecule has 0 aliphatic heterocycles. The lowest BCUT2D eigenvalue weighted by Crippen LogP contribution is -2.18. The van der Waals surface area contributed by atoms with Crippen LogP contribution in [-0.4, -0.2) is 27.4 Å². The second kappa shape index (κ2) is 7.60. The number of hydrogen-bond acceptors (Lipinski definition) is 4. The van der Waals surface area contributed by atoms with E-state index in [2.05, 4.69) is 51.1 Å². The maximum atomic E-state index is 12.7. The zero-order chi connectivity index (χ0) is 22.4. The van der Waals surface area contributed by atoms with Crippen LogP contribution in [0.25, 0.3) is 32.8 Å². The molecule has 160 valence electrons. The fraction of sp³-hybridized carbons (Fsp3) is 0.0741. The van der Waals surface area contributed by atoms with Gasteiger partial charge in [0, 0.05) is 11.1 Å². The van der Waals surface area contributed by atoms with Gasteiger partial charge in [0.25, 0.3) is 5.91 Å². The number of aryl methyl sites for hydroxylation is 2. The van der Waals surface area contributed by atoms with Crippen LogP contribution in [0.3, 0.4) is 0 Å². The molecule has 0 radical (unpaired) electrons. The van der Waals surface area contributed by atoms with Crippen molar-refractivity contribution in [1.29, 1.82) is 0 Å². The highest BCUT2D eigenvalue weighted by molar-refractivity contribution is 6.04. The molecule has 6 heteroatoms. The summed E-state index contributed by atoms with van der Waals surface area (Å²) < 4.78 is 0. The molecule has 1 amide bonds. The zero-order valence-electron chi connectivity index (χ0n) is 17.7. The number of H-pyrrole nitrogens is 1. The molecule has 0 saturated carbocycles. The Kier molecular flexibility index (Phi) is 4.43. The summed E-state index contributed by atoms with van der Waals surface area (Å²) >= 11 is 0. The maximum absolute atomic E-state index is 12.7. The number of aromatic nitrogens is 2. The zero-order valence-corrected chi connectivity index (χ0v) is 17.7. The van der Waals surface area contributed by atoms with E-state index in [1.807, 2.05) is 30.3 Å². The Balaban J connectivity index is 1.26. The molecule has 3 N–H and O–H groups in total. The largest absolute Gasteiger partial charge is 0.507 e. The van der Waals surface area contributed by atoms with E-state index in [0.29, 0.717) is 17.0 Å². The summed E-state index contributed by atoms with van der Waals surface area (Å²) in [6.45, 7) is 0. The smallest absolute Gasteiger partial charge is 0.289 e. The van der Waals surface area contributed by atoms with Gasteiger partial charge in [0.15, 0.2) is 0 Å². The van der Waals surface area contributed by atoms with E-state index in [4.69, 9.17) is 0 Å². The number of carbonyl (C=O) groups excluding carboxylic acids is 1. The fourth-order valence-electron chi connectivity index (χ4n) is 4.68. The highest BCUT2D eigenvalue weighted by Gasteiger charge is 2.18. The highest BCUT2D eigenvalue weighted by atomic mass is 16.3. The van der Waals surface area contributed by atoms with Crippen molar-refractivity contribution >= 4 is 33.7 Å². The fourth-order valence-corrected chi connectivity index (χ4v) is 4.68. The quantitative estimate of drug-likeness (QED) is 0.277. The number of hydrazone groups is 1. The third kappa shape index (κ3) is 3.24. The molecule has 1 aromatic heterocycles. The Morgan fingerprint density at radius 2 is 1.79 bits per heavy atom. The molecular weight excluding hydrogens is 412 g/mol. The molecule has 0 bridgehead atoms. The van der Waals surface area contributed by atoms with Gasteiger partial charge in [0.1, 0.15) is 11.4 Å². The lowest BCUT2D eigenvalue weighted by molar-refractivity contribution is 0.0950. The number of phenols is 1. The second-order valence-corrected chi connectivity index (χ2v) is 8.20. The summed E-state index contributed by atoms with van der Waals surface area (Å²) in [5.41, 5.74) is 7.82. The van der Waals surface area contributed by atoms with Gasteiger partial charge < -0.3 is 5.11 Å². The van der Waals surface area contributed by atoms with E-state index in [9.17, 15) is 9.90 Å². The first-order valence-corrected chi connectivity index (χ1v) is 10.8. The first-order chi connectivity index (χ1) is 16.2. The number of nitrogens with one attached hydrogen (secondary N) is 2. The lowest BCUT2D eigenvalue weighted by Gasteiger charge is -2.06. The van der Waals surface area contributed by atoms with Gasteiger partial charge in [-0.1, -0.05) is 60.7 Å². The molecular formula is C27H20N4O2. The molecule has 0 fully saturated rings. The predicted octanol–water partition coefficient (Wildman–Crippen LogP) is 4.95.